The molecule has 1 aromatic carbocycles. The summed E-state index contributed by atoms with van der Waals surface area (Å²) in [6.07, 6.45) is 1.05. The number of fused-ring (bicyclic) bond motifs is 1. The lowest BCUT2D eigenvalue weighted by atomic mass is 10.2. The smallest absolute Gasteiger partial charge is 0.127 e. The molecule has 0 aliphatic rings. The molecule has 0 saturated carbocycles. The Bertz CT molecular complexity index is 536. The van der Waals surface area contributed by atoms with Crippen molar-refractivity contribution < 1.29 is 0 Å². The molecule has 0 fully saturated rings. The molecule has 2 rings (SSSR count). The first kappa shape index (κ1) is 13.1. The Labute approximate surface area is 109 Å². The molecule has 1 N–H and O–H groups in total. The van der Waals surface area contributed by atoms with Crippen molar-refractivity contribution >= 4 is 11.0 Å². The first-order valence-corrected chi connectivity index (χ1v) is 6.74. The van der Waals surface area contributed by atoms with Crippen LogP contribution in [-0.2, 0) is 0 Å². The third-order valence-corrected chi connectivity index (χ3v) is 3.46. The van der Waals surface area contributed by atoms with Gasteiger partial charge in [0.1, 0.15) is 5.82 Å². The van der Waals surface area contributed by atoms with Crippen molar-refractivity contribution in [3.8, 4) is 0 Å². The Balaban J connectivity index is 2.68. The number of imidazole rings is 1. The number of nitrogens with one attached hydrogen (secondary N) is 1. The van der Waals surface area contributed by atoms with Crippen LogP contribution in [0, 0.1) is 6.92 Å². The summed E-state index contributed by atoms with van der Waals surface area (Å²) in [5.74, 6) is 1.15. The van der Waals surface area contributed by atoms with Gasteiger partial charge in [-0.2, -0.15) is 0 Å². The molecule has 0 spiro atoms. The van der Waals surface area contributed by atoms with E-state index < -0.39 is 0 Å². The van der Waals surface area contributed by atoms with E-state index >= 15 is 0 Å². The van der Waals surface area contributed by atoms with Gasteiger partial charge in [0.2, 0.25) is 0 Å². The minimum Gasteiger partial charge on any atom is -0.324 e. The molecule has 0 aliphatic heterocycles. The lowest BCUT2D eigenvalue weighted by Crippen LogP contribution is -2.21. The molecule has 0 aliphatic carbocycles. The van der Waals surface area contributed by atoms with E-state index in [2.05, 4.69) is 55.8 Å². The number of aryl methyl sites for hydroxylation is 1. The van der Waals surface area contributed by atoms with E-state index in [1.807, 2.05) is 7.05 Å². The van der Waals surface area contributed by atoms with Gasteiger partial charge in [-0.3, -0.25) is 0 Å². The van der Waals surface area contributed by atoms with E-state index in [0.717, 1.165) is 17.8 Å². The molecule has 0 saturated heterocycles. The topological polar surface area (TPSA) is 29.9 Å². The van der Waals surface area contributed by atoms with Crippen LogP contribution in [0.2, 0.25) is 0 Å². The van der Waals surface area contributed by atoms with Crippen LogP contribution in [-0.4, -0.2) is 16.6 Å². The van der Waals surface area contributed by atoms with Gasteiger partial charge in [-0.25, -0.2) is 4.98 Å². The fraction of sp³-hybridized carbons (Fsp3) is 0.533. The number of hydrogen-bond acceptors (Lipinski definition) is 2. The Hall–Kier alpha value is -1.35. The van der Waals surface area contributed by atoms with Gasteiger partial charge in [0.15, 0.2) is 0 Å². The van der Waals surface area contributed by atoms with Crippen LogP contribution < -0.4 is 5.32 Å². The molecule has 1 unspecified atom stereocenters. The summed E-state index contributed by atoms with van der Waals surface area (Å²) in [7, 11) is 2.00. The summed E-state index contributed by atoms with van der Waals surface area (Å²) in [5.41, 5.74) is 3.60. The second-order valence-electron chi connectivity index (χ2n) is 5.18. The summed E-state index contributed by atoms with van der Waals surface area (Å²) in [6.45, 7) is 8.74. The highest BCUT2D eigenvalue weighted by molar-refractivity contribution is 5.77. The molecular weight excluding hydrogens is 222 g/mol. The quantitative estimate of drug-likeness (QED) is 0.892. The highest BCUT2D eigenvalue weighted by Gasteiger charge is 2.19. The van der Waals surface area contributed by atoms with Gasteiger partial charge < -0.3 is 9.88 Å². The number of nitrogens with zero attached hydrogens (tertiary/aromatic N) is 2. The molecule has 0 radical (unpaired) electrons. The molecule has 18 heavy (non-hydrogen) atoms. The van der Waals surface area contributed by atoms with Crippen LogP contribution in [0.15, 0.2) is 18.2 Å². The van der Waals surface area contributed by atoms with Gasteiger partial charge >= 0.3 is 0 Å². The van der Waals surface area contributed by atoms with Crippen molar-refractivity contribution in [1.29, 1.82) is 0 Å². The molecule has 0 amide bonds. The zero-order valence-corrected chi connectivity index (χ0v) is 12.0. The number of rotatable bonds is 4. The van der Waals surface area contributed by atoms with Gasteiger partial charge in [0, 0.05) is 6.04 Å². The maximum atomic E-state index is 4.84. The molecular formula is C15H23N3. The van der Waals surface area contributed by atoms with E-state index in [1.165, 1.54) is 11.1 Å². The second kappa shape index (κ2) is 5.11. The standard InChI is InChI=1S/C15H23N3/c1-6-12(16-5)15-17-13-9-11(4)7-8-14(13)18(15)10(2)3/h7-10,12,16H,6H2,1-5H3. The van der Waals surface area contributed by atoms with Crippen molar-refractivity contribution in [2.45, 2.75) is 46.2 Å². The van der Waals surface area contributed by atoms with Crippen LogP contribution in [0.25, 0.3) is 11.0 Å². The lowest BCUT2D eigenvalue weighted by Gasteiger charge is -2.19. The fourth-order valence-corrected chi connectivity index (χ4v) is 2.53. The van der Waals surface area contributed by atoms with Gasteiger partial charge in [-0.1, -0.05) is 13.0 Å². The molecule has 0 bridgehead atoms. The second-order valence-corrected chi connectivity index (χ2v) is 5.18. The minimum atomic E-state index is 0.320. The third kappa shape index (κ3) is 2.15. The van der Waals surface area contributed by atoms with E-state index in [9.17, 15) is 0 Å². The molecule has 98 valence electrons. The Kier molecular flexibility index (Phi) is 3.71. The average molecular weight is 245 g/mol. The van der Waals surface area contributed by atoms with Gasteiger partial charge in [-0.15, -0.1) is 0 Å². The third-order valence-electron chi connectivity index (χ3n) is 3.46. The first-order valence-electron chi connectivity index (χ1n) is 6.74. The van der Waals surface area contributed by atoms with Crippen molar-refractivity contribution in [1.82, 2.24) is 14.9 Å². The number of aromatic nitrogens is 2. The summed E-state index contributed by atoms with van der Waals surface area (Å²) < 4.78 is 2.35. The first-order chi connectivity index (χ1) is 8.58. The predicted octanol–water partition coefficient (Wildman–Crippen LogP) is 3.60. The van der Waals surface area contributed by atoms with Crippen molar-refractivity contribution in [2.75, 3.05) is 7.05 Å². The van der Waals surface area contributed by atoms with Crippen LogP contribution in [0.3, 0.4) is 0 Å². The summed E-state index contributed by atoms with van der Waals surface area (Å²) >= 11 is 0. The van der Waals surface area contributed by atoms with Gasteiger partial charge in [-0.05, 0) is 51.9 Å². The number of hydrogen-bond donors (Lipinski definition) is 1. The zero-order valence-electron chi connectivity index (χ0n) is 12.0. The summed E-state index contributed by atoms with van der Waals surface area (Å²) in [4.78, 5) is 4.84. The predicted molar refractivity (Wildman–Crippen MR) is 76.9 cm³/mol. The van der Waals surface area contributed by atoms with Crippen molar-refractivity contribution in [3.63, 3.8) is 0 Å². The fourth-order valence-electron chi connectivity index (χ4n) is 2.53. The number of benzene rings is 1. The Morgan fingerprint density at radius 3 is 2.61 bits per heavy atom. The highest BCUT2D eigenvalue weighted by atomic mass is 15.1. The largest absolute Gasteiger partial charge is 0.324 e. The molecule has 3 nitrogen and oxygen atoms in total. The minimum absolute atomic E-state index is 0.320. The Morgan fingerprint density at radius 2 is 2.06 bits per heavy atom. The highest BCUT2D eigenvalue weighted by Crippen LogP contribution is 2.26. The molecule has 3 heteroatoms. The molecule has 2 aromatic rings. The average Bonchev–Trinajstić information content (AvgIpc) is 2.68. The molecule has 1 aromatic heterocycles. The van der Waals surface area contributed by atoms with Gasteiger partial charge in [0.25, 0.3) is 0 Å². The maximum Gasteiger partial charge on any atom is 0.127 e. The van der Waals surface area contributed by atoms with Gasteiger partial charge in [0.05, 0.1) is 17.1 Å². The van der Waals surface area contributed by atoms with Crippen molar-refractivity contribution in [2.24, 2.45) is 0 Å². The van der Waals surface area contributed by atoms with E-state index in [1.54, 1.807) is 0 Å². The van der Waals surface area contributed by atoms with E-state index in [4.69, 9.17) is 4.98 Å². The van der Waals surface area contributed by atoms with E-state index in [0.29, 0.717) is 12.1 Å². The SMILES string of the molecule is CCC(NC)c1nc2cc(C)ccc2n1C(C)C. The molecule has 1 atom stereocenters. The normalized spacial score (nSPS) is 13.4. The maximum absolute atomic E-state index is 4.84. The lowest BCUT2D eigenvalue weighted by molar-refractivity contribution is 0.486. The zero-order chi connectivity index (χ0) is 13.3. The summed E-state index contributed by atoms with van der Waals surface area (Å²) in [5, 5.41) is 3.36. The van der Waals surface area contributed by atoms with E-state index in [-0.39, 0.29) is 0 Å². The van der Waals surface area contributed by atoms with Crippen molar-refractivity contribution in [3.05, 3.63) is 29.6 Å². The summed E-state index contributed by atoms with van der Waals surface area (Å²) in [6, 6.07) is 7.26. The van der Waals surface area contributed by atoms with Crippen LogP contribution in [0.4, 0.5) is 0 Å². The van der Waals surface area contributed by atoms with Crippen LogP contribution in [0.1, 0.15) is 50.7 Å². The van der Waals surface area contributed by atoms with Crippen LogP contribution in [0.5, 0.6) is 0 Å². The van der Waals surface area contributed by atoms with Crippen LogP contribution >= 0.6 is 0 Å². The molecule has 1 heterocycles. The monoisotopic (exact) mass is 245 g/mol. The Morgan fingerprint density at radius 1 is 1.33 bits per heavy atom.